The molecule has 0 fully saturated rings. The Bertz CT molecular complexity index is 1740. The Morgan fingerprint density at radius 3 is 2.45 bits per heavy atom. The van der Waals surface area contributed by atoms with Crippen molar-refractivity contribution in [2.24, 2.45) is 0 Å². The van der Waals surface area contributed by atoms with Crippen LogP contribution in [-0.4, -0.2) is 16.5 Å². The van der Waals surface area contributed by atoms with E-state index in [-0.39, 0.29) is 5.52 Å². The Labute approximate surface area is 218 Å². The summed E-state index contributed by atoms with van der Waals surface area (Å²) in [6.45, 7) is 0.722. The molecule has 4 aromatic carbocycles. The van der Waals surface area contributed by atoms with Crippen molar-refractivity contribution in [3.63, 3.8) is 0 Å². The van der Waals surface area contributed by atoms with Gasteiger partial charge in [0.2, 0.25) is 0 Å². The molecule has 0 aliphatic carbocycles. The van der Waals surface area contributed by atoms with E-state index in [9.17, 15) is 13.2 Å². The maximum Gasteiger partial charge on any atom is 0.418 e. The van der Waals surface area contributed by atoms with Crippen LogP contribution in [0.3, 0.4) is 0 Å². The molecule has 0 saturated carbocycles. The minimum Gasteiger partial charge on any atom is -0.385 e. The van der Waals surface area contributed by atoms with Crippen LogP contribution in [-0.2, 0) is 12.6 Å². The van der Waals surface area contributed by atoms with Gasteiger partial charge in [-0.2, -0.15) is 13.2 Å². The van der Waals surface area contributed by atoms with Crippen molar-refractivity contribution in [3.8, 4) is 22.3 Å². The molecule has 0 atom stereocenters. The van der Waals surface area contributed by atoms with Gasteiger partial charge in [-0.25, -0.2) is 0 Å². The third kappa shape index (κ3) is 4.61. The van der Waals surface area contributed by atoms with Crippen LogP contribution in [0.2, 0.25) is 0 Å². The van der Waals surface area contributed by atoms with Crippen LogP contribution in [0.5, 0.6) is 0 Å². The van der Waals surface area contributed by atoms with Crippen molar-refractivity contribution < 1.29 is 13.2 Å². The molecule has 0 unspecified atom stereocenters. The third-order valence-electron chi connectivity index (χ3n) is 6.80. The lowest BCUT2D eigenvalue weighted by atomic mass is 9.91. The van der Waals surface area contributed by atoms with E-state index < -0.39 is 11.7 Å². The number of aromatic amines is 1. The summed E-state index contributed by atoms with van der Waals surface area (Å²) < 4.78 is 41.5. The average Bonchev–Trinajstić information content (AvgIpc) is 3.40. The van der Waals surface area contributed by atoms with Crippen LogP contribution in [0.15, 0.2) is 109 Å². The normalized spacial score (nSPS) is 11.8. The third-order valence-corrected chi connectivity index (χ3v) is 6.80. The molecule has 2 heterocycles. The van der Waals surface area contributed by atoms with E-state index >= 15 is 0 Å². The lowest BCUT2D eigenvalue weighted by Gasteiger charge is -2.17. The first-order valence-corrected chi connectivity index (χ1v) is 12.4. The maximum absolute atomic E-state index is 13.8. The molecule has 0 radical (unpaired) electrons. The summed E-state index contributed by atoms with van der Waals surface area (Å²) >= 11 is 0. The number of nitrogens with one attached hydrogen (secondary N) is 2. The summed E-state index contributed by atoms with van der Waals surface area (Å²) in [7, 11) is 0. The van der Waals surface area contributed by atoms with Crippen LogP contribution in [0, 0.1) is 0 Å². The number of aromatic nitrogens is 2. The lowest BCUT2D eigenvalue weighted by Crippen LogP contribution is -2.07. The Hall–Kier alpha value is -4.58. The molecule has 6 aromatic rings. The van der Waals surface area contributed by atoms with Gasteiger partial charge in [-0.1, -0.05) is 60.7 Å². The summed E-state index contributed by atoms with van der Waals surface area (Å²) in [4.78, 5) is 7.50. The van der Waals surface area contributed by atoms with Gasteiger partial charge in [-0.05, 0) is 64.9 Å². The number of rotatable bonds is 6. The minimum atomic E-state index is -4.50. The van der Waals surface area contributed by atoms with Gasteiger partial charge in [0.15, 0.2) is 0 Å². The highest BCUT2D eigenvalue weighted by Crippen LogP contribution is 2.41. The molecule has 6 heteroatoms. The van der Waals surface area contributed by atoms with Crippen LogP contribution in [0.4, 0.5) is 18.9 Å². The number of hydrogen-bond acceptors (Lipinski definition) is 2. The van der Waals surface area contributed by atoms with E-state index in [0.29, 0.717) is 5.39 Å². The molecule has 3 nitrogen and oxygen atoms in total. The maximum atomic E-state index is 13.8. The summed E-state index contributed by atoms with van der Waals surface area (Å²) in [6.07, 6.45) is -0.166. The van der Waals surface area contributed by atoms with Crippen molar-refractivity contribution in [2.75, 3.05) is 11.9 Å². The second-order valence-electron chi connectivity index (χ2n) is 9.27. The van der Waals surface area contributed by atoms with Crippen molar-refractivity contribution in [2.45, 2.75) is 12.6 Å². The molecule has 0 bridgehead atoms. The first kappa shape index (κ1) is 23.8. The number of anilines is 1. The van der Waals surface area contributed by atoms with Crippen LogP contribution >= 0.6 is 0 Å². The smallest absolute Gasteiger partial charge is 0.385 e. The zero-order chi connectivity index (χ0) is 26.1. The molecular formula is C32H24F3N3. The number of alkyl halides is 3. The number of hydrogen-bond donors (Lipinski definition) is 2. The number of halogens is 3. The monoisotopic (exact) mass is 507 g/mol. The molecule has 0 aliphatic rings. The fourth-order valence-electron chi connectivity index (χ4n) is 4.99. The van der Waals surface area contributed by atoms with Crippen molar-refractivity contribution >= 4 is 27.5 Å². The van der Waals surface area contributed by atoms with E-state index in [1.807, 2.05) is 60.8 Å². The quantitative estimate of drug-likeness (QED) is 0.237. The molecule has 2 aromatic heterocycles. The van der Waals surface area contributed by atoms with Gasteiger partial charge in [0.05, 0.1) is 11.1 Å². The van der Waals surface area contributed by atoms with Gasteiger partial charge in [0.1, 0.15) is 0 Å². The molecule has 38 heavy (non-hydrogen) atoms. The van der Waals surface area contributed by atoms with Gasteiger partial charge < -0.3 is 10.3 Å². The largest absolute Gasteiger partial charge is 0.418 e. The predicted molar refractivity (Wildman–Crippen MR) is 148 cm³/mol. The highest BCUT2D eigenvalue weighted by atomic mass is 19.4. The van der Waals surface area contributed by atoms with Crippen molar-refractivity contribution in [3.05, 3.63) is 121 Å². The van der Waals surface area contributed by atoms with E-state index in [4.69, 9.17) is 0 Å². The molecular weight excluding hydrogens is 483 g/mol. The second-order valence-corrected chi connectivity index (χ2v) is 9.27. The number of pyridine rings is 1. The first-order valence-electron chi connectivity index (χ1n) is 12.4. The van der Waals surface area contributed by atoms with Gasteiger partial charge in [-0.3, -0.25) is 4.98 Å². The SMILES string of the molecule is FC(F)(F)c1cccc2c(-c3cccc(NCCc4ccc5[nH]ccc5c4)c3)c(-c3ccccc3)cnc12. The Morgan fingerprint density at radius 2 is 1.61 bits per heavy atom. The Morgan fingerprint density at radius 1 is 0.789 bits per heavy atom. The summed E-state index contributed by atoms with van der Waals surface area (Å²) in [6, 6.07) is 30.2. The number of benzene rings is 4. The average molecular weight is 508 g/mol. The number of nitrogens with zero attached hydrogens (tertiary/aromatic N) is 1. The number of fused-ring (bicyclic) bond motifs is 2. The molecule has 0 saturated heterocycles. The standard InChI is InChI=1S/C32H24F3N3/c33-32(34,35)28-11-5-10-26-30(27(20-38-31(26)28)22-6-2-1-3-7-22)24-8-4-9-25(19-24)36-16-14-21-12-13-29-23(18-21)15-17-37-29/h1-13,15,17-20,36-37H,14,16H2. The Kier molecular flexibility index (Phi) is 6.08. The molecule has 0 aliphatic heterocycles. The zero-order valence-corrected chi connectivity index (χ0v) is 20.4. The van der Waals surface area contributed by atoms with Crippen molar-refractivity contribution in [1.29, 1.82) is 0 Å². The van der Waals surface area contributed by atoms with Gasteiger partial charge in [-0.15, -0.1) is 0 Å². The second kappa shape index (κ2) is 9.71. The van der Waals surface area contributed by atoms with Crippen LogP contribution < -0.4 is 5.32 Å². The summed E-state index contributed by atoms with van der Waals surface area (Å²) in [5.41, 5.74) is 5.71. The lowest BCUT2D eigenvalue weighted by molar-refractivity contribution is -0.136. The minimum absolute atomic E-state index is 0.0480. The predicted octanol–water partition coefficient (Wildman–Crippen LogP) is 8.72. The number of H-pyrrole nitrogens is 1. The fraction of sp³-hybridized carbons (Fsp3) is 0.0938. The zero-order valence-electron chi connectivity index (χ0n) is 20.4. The van der Waals surface area contributed by atoms with Gasteiger partial charge in [0.25, 0.3) is 0 Å². The molecule has 188 valence electrons. The summed E-state index contributed by atoms with van der Waals surface area (Å²) in [5, 5.41) is 5.14. The van der Waals surface area contributed by atoms with Gasteiger partial charge >= 0.3 is 6.18 Å². The Balaban J connectivity index is 1.38. The van der Waals surface area contributed by atoms with Crippen molar-refractivity contribution in [1.82, 2.24) is 9.97 Å². The highest BCUT2D eigenvalue weighted by Gasteiger charge is 2.33. The number of para-hydroxylation sites is 1. The summed E-state index contributed by atoms with van der Waals surface area (Å²) in [5.74, 6) is 0. The topological polar surface area (TPSA) is 40.7 Å². The molecule has 0 amide bonds. The van der Waals surface area contributed by atoms with E-state index in [0.717, 1.165) is 52.5 Å². The first-order chi connectivity index (χ1) is 18.5. The fourth-order valence-corrected chi connectivity index (χ4v) is 4.99. The molecule has 0 spiro atoms. The highest BCUT2D eigenvalue weighted by molar-refractivity contribution is 6.03. The van der Waals surface area contributed by atoms with E-state index in [2.05, 4.69) is 39.6 Å². The van der Waals surface area contributed by atoms with E-state index in [1.165, 1.54) is 17.0 Å². The van der Waals surface area contributed by atoms with Gasteiger partial charge in [0, 0.05) is 46.7 Å². The molecule has 6 rings (SSSR count). The van der Waals surface area contributed by atoms with Crippen LogP contribution in [0.25, 0.3) is 44.1 Å². The van der Waals surface area contributed by atoms with Crippen LogP contribution in [0.1, 0.15) is 11.1 Å². The van der Waals surface area contributed by atoms with E-state index in [1.54, 1.807) is 12.3 Å². The molecule has 2 N–H and O–H groups in total.